The second-order valence-electron chi connectivity index (χ2n) is 1.88. The number of aromatic nitrogens is 1. The van der Waals surface area contributed by atoms with E-state index in [1.807, 2.05) is 0 Å². The van der Waals surface area contributed by atoms with Crippen molar-refractivity contribution in [3.8, 4) is 0 Å². The molecule has 0 amide bonds. The second kappa shape index (κ2) is 2.80. The average molecular weight is 176 g/mol. The molecule has 0 aliphatic carbocycles. The zero-order valence-corrected chi connectivity index (χ0v) is 5.47. The molecule has 3 nitrogen and oxygen atoms in total. The second-order valence-corrected chi connectivity index (χ2v) is 1.88. The Morgan fingerprint density at radius 3 is 2.50 bits per heavy atom. The summed E-state index contributed by atoms with van der Waals surface area (Å²) < 4.78 is 36.8. The van der Waals surface area contributed by atoms with E-state index in [4.69, 9.17) is 0 Å². The first-order chi connectivity index (χ1) is 5.52. The molecule has 6 heteroatoms. The minimum absolute atomic E-state index is 0.244. The summed E-state index contributed by atoms with van der Waals surface area (Å²) >= 11 is 0. The lowest BCUT2D eigenvalue weighted by atomic mass is 10.2. The van der Waals surface area contributed by atoms with Crippen LogP contribution in [0, 0.1) is 17.7 Å². The van der Waals surface area contributed by atoms with Crippen molar-refractivity contribution in [2.24, 2.45) is 0 Å². The van der Waals surface area contributed by atoms with E-state index in [9.17, 15) is 23.1 Å². The van der Waals surface area contributed by atoms with Crippen molar-refractivity contribution in [1.29, 1.82) is 0 Å². The van der Waals surface area contributed by atoms with Gasteiger partial charge in [-0.3, -0.25) is 0 Å². The summed E-state index contributed by atoms with van der Waals surface area (Å²) in [7, 11) is 0. The molecule has 0 atom stereocenters. The lowest BCUT2D eigenvalue weighted by molar-refractivity contribution is -0.255. The third kappa shape index (κ3) is 1.36. The van der Waals surface area contributed by atoms with Crippen LogP contribution >= 0.6 is 0 Å². The van der Waals surface area contributed by atoms with Crippen molar-refractivity contribution in [1.82, 2.24) is 4.98 Å². The van der Waals surface area contributed by atoms with Gasteiger partial charge in [-0.15, -0.1) is 0 Å². The third-order valence-electron chi connectivity index (χ3n) is 1.11. The van der Waals surface area contributed by atoms with E-state index in [0.29, 0.717) is 0 Å². The van der Waals surface area contributed by atoms with Gasteiger partial charge in [0.25, 0.3) is 5.95 Å². The maximum Gasteiger partial charge on any atom is 0.252 e. The molecule has 64 valence electrons. The smallest absolute Gasteiger partial charge is 0.252 e. The van der Waals surface area contributed by atoms with Gasteiger partial charge in [-0.05, 0) is 0 Å². The van der Waals surface area contributed by atoms with Crippen LogP contribution in [-0.2, 0) is 0 Å². The molecule has 0 N–H and O–H groups in total. The highest BCUT2D eigenvalue weighted by atomic mass is 19.2. The van der Waals surface area contributed by atoms with Crippen molar-refractivity contribution < 1.29 is 23.1 Å². The largest absolute Gasteiger partial charge is 0.545 e. The van der Waals surface area contributed by atoms with Crippen molar-refractivity contribution in [2.45, 2.75) is 0 Å². The van der Waals surface area contributed by atoms with Crippen LogP contribution in [0.5, 0.6) is 0 Å². The van der Waals surface area contributed by atoms with Crippen LogP contribution in [0.25, 0.3) is 0 Å². The van der Waals surface area contributed by atoms with Crippen LogP contribution < -0.4 is 5.11 Å². The minimum Gasteiger partial charge on any atom is -0.545 e. The molecule has 0 saturated heterocycles. The molecule has 0 aliphatic rings. The van der Waals surface area contributed by atoms with Crippen LogP contribution in [0.2, 0.25) is 0 Å². The number of hydrogen-bond donors (Lipinski definition) is 0. The van der Waals surface area contributed by atoms with E-state index in [1.54, 1.807) is 0 Å². The standard InChI is InChI=1S/C6H2F3NO2/c7-3-1-2(6(11)12)4(8)5(9)10-3/h1H,(H,11,12)/p-1. The van der Waals surface area contributed by atoms with E-state index in [2.05, 4.69) is 4.98 Å². The number of rotatable bonds is 1. The number of carbonyl (C=O) groups is 1. The number of nitrogens with zero attached hydrogens (tertiary/aromatic N) is 1. The van der Waals surface area contributed by atoms with E-state index >= 15 is 0 Å². The molecule has 0 fully saturated rings. The van der Waals surface area contributed by atoms with Crippen LogP contribution in [-0.4, -0.2) is 11.0 Å². The molecule has 1 rings (SSSR count). The highest BCUT2D eigenvalue weighted by molar-refractivity contribution is 5.85. The fraction of sp³-hybridized carbons (Fsp3) is 0. The summed E-state index contributed by atoms with van der Waals surface area (Å²) in [6.45, 7) is 0. The summed E-state index contributed by atoms with van der Waals surface area (Å²) in [4.78, 5) is 12.4. The summed E-state index contributed by atoms with van der Waals surface area (Å²) in [6.07, 6.45) is 0. The highest BCUT2D eigenvalue weighted by Crippen LogP contribution is 2.09. The van der Waals surface area contributed by atoms with Crippen LogP contribution in [0.15, 0.2) is 6.07 Å². The first-order valence-electron chi connectivity index (χ1n) is 2.75. The predicted molar refractivity (Wildman–Crippen MR) is 28.4 cm³/mol. The normalized spacial score (nSPS) is 9.92. The van der Waals surface area contributed by atoms with Crippen molar-refractivity contribution in [2.75, 3.05) is 0 Å². The first kappa shape index (κ1) is 8.51. The number of carboxylic acids is 1. The van der Waals surface area contributed by atoms with Gasteiger partial charge in [0.15, 0.2) is 5.82 Å². The average Bonchev–Trinajstić information content (AvgIpc) is 1.96. The van der Waals surface area contributed by atoms with Gasteiger partial charge in [-0.2, -0.15) is 13.8 Å². The summed E-state index contributed by atoms with van der Waals surface area (Å²) in [5.74, 6) is -6.92. The van der Waals surface area contributed by atoms with E-state index in [1.165, 1.54) is 0 Å². The van der Waals surface area contributed by atoms with Crippen LogP contribution in [0.4, 0.5) is 13.2 Å². The minimum atomic E-state index is -1.99. The van der Waals surface area contributed by atoms with E-state index in [-0.39, 0.29) is 6.07 Å². The molecule has 0 unspecified atom stereocenters. The topological polar surface area (TPSA) is 53.0 Å². The number of carbonyl (C=O) groups excluding carboxylic acids is 1. The molecule has 0 radical (unpaired) electrons. The lowest BCUT2D eigenvalue weighted by Crippen LogP contribution is -2.24. The Bertz CT molecular complexity index is 340. The summed E-state index contributed by atoms with van der Waals surface area (Å²) in [6, 6.07) is 0.244. The van der Waals surface area contributed by atoms with Gasteiger partial charge in [0.1, 0.15) is 0 Å². The summed E-state index contributed by atoms with van der Waals surface area (Å²) in [5.41, 5.74) is -1.18. The van der Waals surface area contributed by atoms with E-state index in [0.717, 1.165) is 0 Å². The first-order valence-corrected chi connectivity index (χ1v) is 2.75. The van der Waals surface area contributed by atoms with Gasteiger partial charge in [-0.1, -0.05) is 0 Å². The molecule has 0 spiro atoms. The number of carboxylic acid groups (broad SMARTS) is 1. The van der Waals surface area contributed by atoms with Gasteiger partial charge < -0.3 is 9.90 Å². The Balaban J connectivity index is 3.37. The number of halogens is 3. The molecule has 1 aromatic rings. The quantitative estimate of drug-likeness (QED) is 0.559. The van der Waals surface area contributed by atoms with Gasteiger partial charge in [0.2, 0.25) is 5.95 Å². The van der Waals surface area contributed by atoms with Gasteiger partial charge >= 0.3 is 0 Å². The third-order valence-corrected chi connectivity index (χ3v) is 1.11. The zero-order valence-electron chi connectivity index (χ0n) is 5.47. The Labute approximate surface area is 64.5 Å². The predicted octanol–water partition coefficient (Wildman–Crippen LogP) is -0.138. The Hall–Kier alpha value is -1.59. The Kier molecular flexibility index (Phi) is 1.99. The van der Waals surface area contributed by atoms with Gasteiger partial charge in [0.05, 0.1) is 5.97 Å². The maximum atomic E-state index is 12.4. The molecule has 0 aromatic carbocycles. The fourth-order valence-corrected chi connectivity index (χ4v) is 0.617. The number of aromatic carboxylic acids is 1. The fourth-order valence-electron chi connectivity index (χ4n) is 0.617. The molecule has 1 aromatic heterocycles. The molecule has 1 heterocycles. The van der Waals surface area contributed by atoms with Crippen molar-refractivity contribution in [3.63, 3.8) is 0 Å². The van der Waals surface area contributed by atoms with E-state index < -0.39 is 29.2 Å². The van der Waals surface area contributed by atoms with Crippen molar-refractivity contribution in [3.05, 3.63) is 29.3 Å². The number of pyridine rings is 1. The maximum absolute atomic E-state index is 12.4. The number of hydrogen-bond acceptors (Lipinski definition) is 3. The SMILES string of the molecule is O=C([O-])c1cc(F)nc(F)c1F. The Morgan fingerprint density at radius 2 is 2.00 bits per heavy atom. The highest BCUT2D eigenvalue weighted by Gasteiger charge is 2.12. The molecular weight excluding hydrogens is 175 g/mol. The molecule has 0 bridgehead atoms. The van der Waals surface area contributed by atoms with Crippen molar-refractivity contribution >= 4 is 5.97 Å². The zero-order chi connectivity index (χ0) is 9.30. The monoisotopic (exact) mass is 176 g/mol. The molecule has 0 aliphatic heterocycles. The summed E-state index contributed by atoms with van der Waals surface area (Å²) in [5, 5.41) is 10.0. The Morgan fingerprint density at radius 1 is 1.42 bits per heavy atom. The molecule has 12 heavy (non-hydrogen) atoms. The lowest BCUT2D eigenvalue weighted by Gasteiger charge is -2.03. The molecule has 0 saturated carbocycles. The van der Waals surface area contributed by atoms with Crippen LogP contribution in [0.3, 0.4) is 0 Å². The van der Waals surface area contributed by atoms with Crippen LogP contribution in [0.1, 0.15) is 10.4 Å². The molecular formula is C6HF3NO2-. The van der Waals surface area contributed by atoms with Gasteiger partial charge in [0, 0.05) is 11.6 Å². The van der Waals surface area contributed by atoms with Gasteiger partial charge in [-0.25, -0.2) is 4.39 Å².